The maximum Gasteiger partial charge on any atom is 0.134 e. The molecule has 0 bridgehead atoms. The third kappa shape index (κ3) is 1.62. The van der Waals surface area contributed by atoms with Gasteiger partial charge in [-0.15, -0.1) is 22.7 Å². The van der Waals surface area contributed by atoms with E-state index in [2.05, 4.69) is 44.4 Å². The highest BCUT2D eigenvalue weighted by Gasteiger charge is 2.02. The number of hydrogen-bond donors (Lipinski definition) is 0. The van der Waals surface area contributed by atoms with Crippen molar-refractivity contribution in [2.24, 2.45) is 0 Å². The Morgan fingerprint density at radius 2 is 2.27 bits per heavy atom. The van der Waals surface area contributed by atoms with Crippen molar-refractivity contribution in [2.75, 3.05) is 0 Å². The topological polar surface area (TPSA) is 12.9 Å². The summed E-state index contributed by atoms with van der Waals surface area (Å²) in [5, 5.41) is 5.27. The Balaban J connectivity index is 2.45. The Bertz CT molecular complexity index is 339. The average Bonchev–Trinajstić information content (AvgIpc) is 2.55. The van der Waals surface area contributed by atoms with Gasteiger partial charge in [-0.3, -0.25) is 0 Å². The Morgan fingerprint density at radius 3 is 2.82 bits per heavy atom. The van der Waals surface area contributed by atoms with Crippen molar-refractivity contribution >= 4 is 45.3 Å². The average molecular weight is 293 g/mol. The molecule has 0 aromatic carbocycles. The van der Waals surface area contributed by atoms with Gasteiger partial charge in [0.1, 0.15) is 8.71 Å². The van der Waals surface area contributed by atoms with Crippen molar-refractivity contribution in [3.8, 4) is 9.88 Å². The number of rotatable bonds is 1. The van der Waals surface area contributed by atoms with E-state index in [-0.39, 0.29) is 0 Å². The first kappa shape index (κ1) is 7.70. The van der Waals surface area contributed by atoms with Crippen molar-refractivity contribution < 1.29 is 0 Å². The summed E-state index contributed by atoms with van der Waals surface area (Å²) in [5.41, 5.74) is 0. The second-order valence-electron chi connectivity index (χ2n) is 1.95. The lowest BCUT2D eigenvalue weighted by Crippen LogP contribution is -1.69. The van der Waals surface area contributed by atoms with Gasteiger partial charge in [0.25, 0.3) is 0 Å². The molecule has 0 aliphatic carbocycles. The van der Waals surface area contributed by atoms with Crippen LogP contribution in [0.1, 0.15) is 0 Å². The fourth-order valence-electron chi connectivity index (χ4n) is 0.768. The summed E-state index contributed by atoms with van der Waals surface area (Å²) in [6.45, 7) is 0. The first-order valence-corrected chi connectivity index (χ1v) is 5.85. The minimum atomic E-state index is 1.08. The predicted molar refractivity (Wildman–Crippen MR) is 58.1 cm³/mol. The van der Waals surface area contributed by atoms with Gasteiger partial charge < -0.3 is 0 Å². The molecule has 4 heteroatoms. The standard InChI is InChI=1S/C7H4INS2/c8-6-4-11-7(9-6)5-2-1-3-10-5/h1-4H. The molecule has 0 aliphatic rings. The second-order valence-corrected chi connectivity index (χ2v) is 4.86. The monoisotopic (exact) mass is 293 g/mol. The van der Waals surface area contributed by atoms with Gasteiger partial charge in [0.2, 0.25) is 0 Å². The van der Waals surface area contributed by atoms with Gasteiger partial charge in [-0.1, -0.05) is 6.07 Å². The molecule has 1 nitrogen and oxygen atoms in total. The molecule has 2 aromatic heterocycles. The summed E-state index contributed by atoms with van der Waals surface area (Å²) in [6, 6.07) is 4.15. The fraction of sp³-hybridized carbons (Fsp3) is 0. The quantitative estimate of drug-likeness (QED) is 0.734. The van der Waals surface area contributed by atoms with Crippen LogP contribution in [0.5, 0.6) is 0 Å². The van der Waals surface area contributed by atoms with E-state index in [0.29, 0.717) is 0 Å². The van der Waals surface area contributed by atoms with Gasteiger partial charge in [-0.05, 0) is 34.0 Å². The SMILES string of the molecule is Ic1csc(-c2cccs2)n1. The smallest absolute Gasteiger partial charge is 0.134 e. The van der Waals surface area contributed by atoms with E-state index >= 15 is 0 Å². The van der Waals surface area contributed by atoms with E-state index < -0.39 is 0 Å². The molecule has 0 saturated heterocycles. The summed E-state index contributed by atoms with van der Waals surface area (Å²) in [4.78, 5) is 5.63. The molecule has 11 heavy (non-hydrogen) atoms. The summed E-state index contributed by atoms with van der Waals surface area (Å²) in [6.07, 6.45) is 0. The molecule has 0 fully saturated rings. The van der Waals surface area contributed by atoms with Gasteiger partial charge in [-0.2, -0.15) is 0 Å². The van der Waals surface area contributed by atoms with Crippen LogP contribution in [-0.2, 0) is 0 Å². The molecule has 56 valence electrons. The van der Waals surface area contributed by atoms with Crippen LogP contribution in [0, 0.1) is 3.70 Å². The zero-order valence-electron chi connectivity index (χ0n) is 5.45. The molecular formula is C7H4INS2. The maximum atomic E-state index is 4.37. The van der Waals surface area contributed by atoms with Crippen LogP contribution in [0.2, 0.25) is 0 Å². The van der Waals surface area contributed by atoms with Crippen LogP contribution in [0.25, 0.3) is 9.88 Å². The highest BCUT2D eigenvalue weighted by atomic mass is 127. The van der Waals surface area contributed by atoms with Crippen LogP contribution in [-0.4, -0.2) is 4.98 Å². The van der Waals surface area contributed by atoms with E-state index in [4.69, 9.17) is 0 Å². The first-order valence-electron chi connectivity index (χ1n) is 3.01. The molecule has 0 aliphatic heterocycles. The lowest BCUT2D eigenvalue weighted by molar-refractivity contribution is 1.37. The summed E-state index contributed by atoms with van der Waals surface area (Å²) >= 11 is 5.66. The van der Waals surface area contributed by atoms with Gasteiger partial charge in [0, 0.05) is 5.38 Å². The molecule has 0 radical (unpaired) electrons. The third-order valence-electron chi connectivity index (χ3n) is 1.21. The van der Waals surface area contributed by atoms with Gasteiger partial charge in [0.15, 0.2) is 0 Å². The summed E-state index contributed by atoms with van der Waals surface area (Å²) in [7, 11) is 0. The molecular weight excluding hydrogens is 289 g/mol. The van der Waals surface area contributed by atoms with Crippen LogP contribution in [0.3, 0.4) is 0 Å². The maximum absolute atomic E-state index is 4.37. The largest absolute Gasteiger partial charge is 0.229 e. The van der Waals surface area contributed by atoms with E-state index in [9.17, 15) is 0 Å². The molecule has 2 rings (SSSR count). The van der Waals surface area contributed by atoms with E-state index in [1.165, 1.54) is 4.88 Å². The lowest BCUT2D eigenvalue weighted by Gasteiger charge is -1.84. The zero-order chi connectivity index (χ0) is 7.68. The highest BCUT2D eigenvalue weighted by Crippen LogP contribution is 2.27. The number of hydrogen-bond acceptors (Lipinski definition) is 3. The molecule has 0 N–H and O–H groups in total. The van der Waals surface area contributed by atoms with Gasteiger partial charge in [-0.25, -0.2) is 4.98 Å². The molecule has 0 saturated carbocycles. The number of thiazole rings is 1. The second kappa shape index (κ2) is 3.20. The Kier molecular flexibility index (Phi) is 2.24. The molecule has 0 unspecified atom stereocenters. The normalized spacial score (nSPS) is 10.3. The predicted octanol–water partition coefficient (Wildman–Crippen LogP) is 3.48. The molecule has 2 heterocycles. The summed E-state index contributed by atoms with van der Waals surface area (Å²) in [5.74, 6) is 0. The Hall–Kier alpha value is 0.0600. The third-order valence-corrected chi connectivity index (χ3v) is 4.06. The minimum Gasteiger partial charge on any atom is -0.229 e. The van der Waals surface area contributed by atoms with Gasteiger partial charge in [0.05, 0.1) is 4.88 Å². The Morgan fingerprint density at radius 1 is 1.36 bits per heavy atom. The van der Waals surface area contributed by atoms with Crippen molar-refractivity contribution in [3.63, 3.8) is 0 Å². The lowest BCUT2D eigenvalue weighted by atomic mass is 10.5. The zero-order valence-corrected chi connectivity index (χ0v) is 9.24. The van der Waals surface area contributed by atoms with E-state index in [1.54, 1.807) is 22.7 Å². The molecule has 0 amide bonds. The first-order chi connectivity index (χ1) is 5.36. The van der Waals surface area contributed by atoms with Crippen molar-refractivity contribution in [2.45, 2.75) is 0 Å². The van der Waals surface area contributed by atoms with Gasteiger partial charge >= 0.3 is 0 Å². The molecule has 0 spiro atoms. The number of aromatic nitrogens is 1. The number of nitrogens with zero attached hydrogens (tertiary/aromatic N) is 1. The number of halogens is 1. The summed E-state index contributed by atoms with van der Waals surface area (Å²) < 4.78 is 1.08. The van der Waals surface area contributed by atoms with Crippen LogP contribution >= 0.6 is 45.3 Å². The highest BCUT2D eigenvalue weighted by molar-refractivity contribution is 14.1. The minimum absolute atomic E-state index is 1.08. The molecule has 2 aromatic rings. The van der Waals surface area contributed by atoms with Crippen molar-refractivity contribution in [1.82, 2.24) is 4.98 Å². The molecule has 0 atom stereocenters. The number of thiophene rings is 1. The van der Waals surface area contributed by atoms with E-state index in [1.807, 2.05) is 6.07 Å². The Labute approximate surface area is 86.3 Å². The van der Waals surface area contributed by atoms with Crippen LogP contribution in [0.15, 0.2) is 22.9 Å². The van der Waals surface area contributed by atoms with Crippen molar-refractivity contribution in [1.29, 1.82) is 0 Å². The fourth-order valence-corrected chi connectivity index (χ4v) is 3.05. The van der Waals surface area contributed by atoms with Crippen LogP contribution in [0.4, 0.5) is 0 Å². The van der Waals surface area contributed by atoms with E-state index in [0.717, 1.165) is 8.71 Å². The van der Waals surface area contributed by atoms with Crippen LogP contribution < -0.4 is 0 Å². The van der Waals surface area contributed by atoms with Crippen molar-refractivity contribution in [3.05, 3.63) is 26.6 Å².